The van der Waals surface area contributed by atoms with Gasteiger partial charge in [0.25, 0.3) is 0 Å². The second kappa shape index (κ2) is 7.09. The first-order chi connectivity index (χ1) is 10.5. The van der Waals surface area contributed by atoms with Crippen LogP contribution in [-0.2, 0) is 10.0 Å². The summed E-state index contributed by atoms with van der Waals surface area (Å²) < 4.78 is 41.7. The summed E-state index contributed by atoms with van der Waals surface area (Å²) >= 11 is 0. The molecule has 2 heterocycles. The van der Waals surface area contributed by atoms with Gasteiger partial charge >= 0.3 is 0 Å². The van der Waals surface area contributed by atoms with Crippen LogP contribution in [0.2, 0.25) is 0 Å². The first-order valence-electron chi connectivity index (χ1n) is 7.26. The lowest BCUT2D eigenvalue weighted by atomic mass is 10.2. The van der Waals surface area contributed by atoms with Gasteiger partial charge in [-0.05, 0) is 26.0 Å². The van der Waals surface area contributed by atoms with Crippen LogP contribution in [0, 0.1) is 5.82 Å². The molecule has 1 aromatic heterocycles. The van der Waals surface area contributed by atoms with Crippen molar-refractivity contribution in [2.45, 2.75) is 24.3 Å². The Morgan fingerprint density at radius 2 is 2.13 bits per heavy atom. The molecule has 126 valence electrons. The second-order valence-electron chi connectivity index (χ2n) is 5.50. The molecule has 1 N–H and O–H groups in total. The number of hydrogen-bond acceptors (Lipinski definition) is 4. The first kappa shape index (κ1) is 18.1. The molecule has 1 saturated heterocycles. The highest BCUT2D eigenvalue weighted by Gasteiger charge is 2.31. The minimum Gasteiger partial charge on any atom is -0.315 e. The van der Waals surface area contributed by atoms with Gasteiger partial charge in [-0.2, -0.15) is 4.31 Å². The zero-order valence-corrected chi connectivity index (χ0v) is 14.3. The Balaban J connectivity index is 0.00000192. The van der Waals surface area contributed by atoms with Crippen molar-refractivity contribution in [2.24, 2.45) is 0 Å². The molecule has 3 rings (SSSR count). The lowest BCUT2D eigenvalue weighted by molar-refractivity contribution is 0.353. The summed E-state index contributed by atoms with van der Waals surface area (Å²) in [5, 5.41) is 3.81. The van der Waals surface area contributed by atoms with Gasteiger partial charge in [0.1, 0.15) is 0 Å². The van der Waals surface area contributed by atoms with Crippen molar-refractivity contribution in [3.05, 3.63) is 36.4 Å². The average Bonchev–Trinajstić information content (AvgIpc) is 2.72. The number of benzene rings is 1. The van der Waals surface area contributed by atoms with Gasteiger partial charge in [0.05, 0.1) is 11.1 Å². The number of nitrogens with one attached hydrogen (secondary N) is 1. The largest absolute Gasteiger partial charge is 0.315 e. The predicted molar refractivity (Wildman–Crippen MR) is 89.8 cm³/mol. The van der Waals surface area contributed by atoms with Crippen molar-refractivity contribution in [2.75, 3.05) is 19.6 Å². The van der Waals surface area contributed by atoms with E-state index in [2.05, 4.69) is 10.3 Å². The molecule has 2 aromatic rings. The number of hydrogen-bond donors (Lipinski definition) is 1. The highest BCUT2D eigenvalue weighted by molar-refractivity contribution is 7.89. The molecule has 1 aromatic carbocycles. The first-order valence-corrected chi connectivity index (χ1v) is 8.70. The van der Waals surface area contributed by atoms with Crippen LogP contribution in [-0.4, -0.2) is 43.4 Å². The van der Waals surface area contributed by atoms with Gasteiger partial charge in [-0.3, -0.25) is 4.98 Å². The van der Waals surface area contributed by atoms with Gasteiger partial charge in [0, 0.05) is 36.1 Å². The molecule has 1 aliphatic heterocycles. The third kappa shape index (κ3) is 3.33. The standard InChI is InChI=1S/C15H18FN3O2S.ClH/c1-11-8-17-6-3-7-19(11)22(20,21)14-5-2-4-12-9-18-10-13(16)15(12)14;/h2,4-5,9-11,17H,3,6-8H2,1H3;1H. The van der Waals surface area contributed by atoms with E-state index >= 15 is 0 Å². The highest BCUT2D eigenvalue weighted by Crippen LogP contribution is 2.28. The molecule has 1 fully saturated rings. The van der Waals surface area contributed by atoms with Gasteiger partial charge < -0.3 is 5.32 Å². The minimum atomic E-state index is -3.76. The van der Waals surface area contributed by atoms with Crippen LogP contribution in [0.3, 0.4) is 0 Å². The van der Waals surface area contributed by atoms with Crippen molar-refractivity contribution in [1.29, 1.82) is 0 Å². The molecular formula is C15H19ClFN3O2S. The van der Waals surface area contributed by atoms with Crippen LogP contribution >= 0.6 is 12.4 Å². The molecule has 0 amide bonds. The van der Waals surface area contributed by atoms with Gasteiger partial charge in [-0.15, -0.1) is 12.4 Å². The number of aromatic nitrogens is 1. The van der Waals surface area contributed by atoms with Gasteiger partial charge in [0.15, 0.2) is 5.82 Å². The molecule has 0 saturated carbocycles. The van der Waals surface area contributed by atoms with Crippen molar-refractivity contribution in [1.82, 2.24) is 14.6 Å². The Kier molecular flexibility index (Phi) is 5.57. The Labute approximate surface area is 141 Å². The number of nitrogens with zero attached hydrogens (tertiary/aromatic N) is 2. The Morgan fingerprint density at radius 1 is 1.35 bits per heavy atom. The van der Waals surface area contributed by atoms with E-state index in [1.165, 1.54) is 16.6 Å². The maximum Gasteiger partial charge on any atom is 0.244 e. The summed E-state index contributed by atoms with van der Waals surface area (Å²) in [7, 11) is -3.76. The molecule has 0 aliphatic carbocycles. The van der Waals surface area contributed by atoms with Crippen LogP contribution in [0.5, 0.6) is 0 Å². The zero-order chi connectivity index (χ0) is 15.7. The highest BCUT2D eigenvalue weighted by atomic mass is 35.5. The normalized spacial score (nSPS) is 20.0. The summed E-state index contributed by atoms with van der Waals surface area (Å²) in [5.41, 5.74) is 0. The van der Waals surface area contributed by atoms with Crippen LogP contribution < -0.4 is 5.32 Å². The van der Waals surface area contributed by atoms with E-state index in [9.17, 15) is 12.8 Å². The molecule has 5 nitrogen and oxygen atoms in total. The zero-order valence-electron chi connectivity index (χ0n) is 12.7. The van der Waals surface area contributed by atoms with E-state index in [-0.39, 0.29) is 28.7 Å². The van der Waals surface area contributed by atoms with E-state index in [4.69, 9.17) is 0 Å². The minimum absolute atomic E-state index is 0. The molecule has 0 bridgehead atoms. The quantitative estimate of drug-likeness (QED) is 0.892. The maximum atomic E-state index is 14.2. The average molecular weight is 360 g/mol. The smallest absolute Gasteiger partial charge is 0.244 e. The van der Waals surface area contributed by atoms with Crippen LogP contribution in [0.4, 0.5) is 4.39 Å². The third-order valence-corrected chi connectivity index (χ3v) is 6.00. The lowest BCUT2D eigenvalue weighted by Gasteiger charge is -2.26. The van der Waals surface area contributed by atoms with Gasteiger partial charge in [0.2, 0.25) is 10.0 Å². The summed E-state index contributed by atoms with van der Waals surface area (Å²) in [5.74, 6) is -0.614. The summed E-state index contributed by atoms with van der Waals surface area (Å²) in [4.78, 5) is 3.80. The summed E-state index contributed by atoms with van der Waals surface area (Å²) in [6, 6.07) is 4.58. The molecule has 0 spiro atoms. The Hall–Kier alpha value is -1.28. The maximum absolute atomic E-state index is 14.2. The fourth-order valence-corrected chi connectivity index (χ4v) is 4.74. The molecule has 1 atom stereocenters. The number of halogens is 2. The van der Waals surface area contributed by atoms with E-state index in [1.54, 1.807) is 12.1 Å². The number of rotatable bonds is 2. The number of fused-ring (bicyclic) bond motifs is 1. The number of pyridine rings is 1. The van der Waals surface area contributed by atoms with E-state index < -0.39 is 15.8 Å². The fraction of sp³-hybridized carbons (Fsp3) is 0.400. The molecule has 8 heteroatoms. The SMILES string of the molecule is CC1CNCCCN1S(=O)(=O)c1cccc2cncc(F)c12.Cl. The Morgan fingerprint density at radius 3 is 2.91 bits per heavy atom. The number of sulfonamides is 1. The van der Waals surface area contributed by atoms with E-state index in [0.717, 1.165) is 19.2 Å². The van der Waals surface area contributed by atoms with Crippen molar-refractivity contribution < 1.29 is 12.8 Å². The fourth-order valence-electron chi connectivity index (χ4n) is 2.85. The lowest BCUT2D eigenvalue weighted by Crippen LogP contribution is -2.41. The summed E-state index contributed by atoms with van der Waals surface area (Å²) in [6.45, 7) is 3.66. The molecule has 1 aliphatic rings. The van der Waals surface area contributed by atoms with Crippen LogP contribution in [0.1, 0.15) is 13.3 Å². The Bertz CT molecular complexity index is 795. The van der Waals surface area contributed by atoms with Crippen molar-refractivity contribution in [3.63, 3.8) is 0 Å². The van der Waals surface area contributed by atoms with Crippen molar-refractivity contribution in [3.8, 4) is 0 Å². The molecular weight excluding hydrogens is 341 g/mol. The van der Waals surface area contributed by atoms with Gasteiger partial charge in [-0.1, -0.05) is 12.1 Å². The van der Waals surface area contributed by atoms with Crippen molar-refractivity contribution >= 4 is 33.2 Å². The topological polar surface area (TPSA) is 62.3 Å². The van der Waals surface area contributed by atoms with Gasteiger partial charge in [-0.25, -0.2) is 12.8 Å². The predicted octanol–water partition coefficient (Wildman–Crippen LogP) is 2.17. The third-order valence-electron chi connectivity index (χ3n) is 3.95. The monoisotopic (exact) mass is 359 g/mol. The molecule has 1 unspecified atom stereocenters. The van der Waals surface area contributed by atoms with E-state index in [0.29, 0.717) is 18.5 Å². The second-order valence-corrected chi connectivity index (χ2v) is 7.36. The van der Waals surface area contributed by atoms with E-state index in [1.807, 2.05) is 6.92 Å². The van der Waals surface area contributed by atoms with Crippen LogP contribution in [0.15, 0.2) is 35.5 Å². The van der Waals surface area contributed by atoms with Crippen LogP contribution in [0.25, 0.3) is 10.8 Å². The molecule has 23 heavy (non-hydrogen) atoms. The molecule has 0 radical (unpaired) electrons. The summed E-state index contributed by atoms with van der Waals surface area (Å²) in [6.07, 6.45) is 3.26.